The van der Waals surface area contributed by atoms with Gasteiger partial charge in [-0.3, -0.25) is 0 Å². The molecular weight excluding hydrogens is 312 g/mol. The molecule has 4 unspecified atom stereocenters. The highest BCUT2D eigenvalue weighted by molar-refractivity contribution is 5.93. The van der Waals surface area contributed by atoms with E-state index in [2.05, 4.69) is 0 Å². The molecule has 0 aliphatic heterocycles. The maximum Gasteiger partial charge on any atom is 0.342 e. The van der Waals surface area contributed by atoms with E-state index < -0.39 is 23.1 Å². The van der Waals surface area contributed by atoms with Crippen LogP contribution in [-0.2, 0) is 28.5 Å². The van der Waals surface area contributed by atoms with E-state index in [9.17, 15) is 9.59 Å². The van der Waals surface area contributed by atoms with Crippen molar-refractivity contribution in [3.05, 3.63) is 0 Å². The van der Waals surface area contributed by atoms with Crippen LogP contribution in [0.25, 0.3) is 0 Å². The predicted molar refractivity (Wildman–Crippen MR) is 91.8 cm³/mol. The summed E-state index contributed by atoms with van der Waals surface area (Å²) < 4.78 is 22.1. The molecule has 0 aromatic heterocycles. The first-order valence-corrected chi connectivity index (χ1v) is 8.77. The van der Waals surface area contributed by atoms with Crippen molar-refractivity contribution in [2.24, 2.45) is 0 Å². The van der Waals surface area contributed by atoms with Crippen molar-refractivity contribution >= 4 is 11.9 Å². The second kappa shape index (κ2) is 9.99. The zero-order valence-corrected chi connectivity index (χ0v) is 16.4. The molecule has 0 aromatic carbocycles. The number of hydrogen-bond donors (Lipinski definition) is 0. The Hall–Kier alpha value is -1.14. The normalized spacial score (nSPS) is 18.8. The highest BCUT2D eigenvalue weighted by Gasteiger charge is 2.63. The van der Waals surface area contributed by atoms with Gasteiger partial charge in [-0.2, -0.15) is 0 Å². The first-order chi connectivity index (χ1) is 11.2. The lowest BCUT2D eigenvalue weighted by Gasteiger charge is -2.44. The summed E-state index contributed by atoms with van der Waals surface area (Å²) in [6.45, 7) is 11.0. The van der Waals surface area contributed by atoms with Crippen LogP contribution in [0.5, 0.6) is 0 Å². The quantitative estimate of drug-likeness (QED) is 0.535. The maximum absolute atomic E-state index is 12.9. The molecular formula is C18H34O6. The van der Waals surface area contributed by atoms with Gasteiger partial charge in [0.05, 0.1) is 12.2 Å². The Labute approximate surface area is 146 Å². The van der Waals surface area contributed by atoms with Crippen LogP contribution in [-0.4, -0.2) is 49.6 Å². The molecule has 4 atom stereocenters. The molecule has 0 rings (SSSR count). The summed E-state index contributed by atoms with van der Waals surface area (Å²) in [5.74, 6) is -1.21. The predicted octanol–water partition coefficient (Wildman–Crippen LogP) is 3.26. The van der Waals surface area contributed by atoms with Gasteiger partial charge in [0.25, 0.3) is 0 Å². The first kappa shape index (κ1) is 22.9. The zero-order chi connectivity index (χ0) is 19.0. The molecule has 142 valence electrons. The van der Waals surface area contributed by atoms with Gasteiger partial charge in [-0.25, -0.2) is 9.59 Å². The van der Waals surface area contributed by atoms with E-state index in [1.54, 1.807) is 27.7 Å². The third-order valence-electron chi connectivity index (χ3n) is 4.77. The number of methoxy groups -OCH3 is 2. The third kappa shape index (κ3) is 4.28. The van der Waals surface area contributed by atoms with Crippen LogP contribution in [0.4, 0.5) is 0 Å². The van der Waals surface area contributed by atoms with Gasteiger partial charge in [-0.05, 0) is 39.5 Å². The lowest BCUT2D eigenvalue weighted by molar-refractivity contribution is -0.231. The minimum Gasteiger partial charge on any atom is -0.460 e. The second-order valence-corrected chi connectivity index (χ2v) is 6.02. The minimum absolute atomic E-state index is 0.218. The highest BCUT2D eigenvalue weighted by Crippen LogP contribution is 2.38. The topological polar surface area (TPSA) is 71.1 Å². The number of esters is 2. The molecule has 0 spiro atoms. The van der Waals surface area contributed by atoms with Gasteiger partial charge < -0.3 is 18.9 Å². The molecule has 6 heteroatoms. The Bertz CT molecular complexity index is 360. The Morgan fingerprint density at radius 1 is 0.750 bits per heavy atom. The molecule has 0 bridgehead atoms. The molecule has 0 aliphatic carbocycles. The van der Waals surface area contributed by atoms with Gasteiger partial charge >= 0.3 is 11.9 Å². The second-order valence-electron chi connectivity index (χ2n) is 6.02. The Morgan fingerprint density at radius 2 is 1.04 bits per heavy atom. The van der Waals surface area contributed by atoms with Crippen molar-refractivity contribution in [2.45, 2.75) is 90.6 Å². The van der Waals surface area contributed by atoms with Crippen molar-refractivity contribution in [2.75, 3.05) is 14.2 Å². The minimum atomic E-state index is -1.57. The fourth-order valence-electron chi connectivity index (χ4n) is 2.70. The molecule has 0 radical (unpaired) electrons. The number of carbonyl (C=O) groups is 2. The molecule has 0 saturated carbocycles. The van der Waals surface area contributed by atoms with Crippen molar-refractivity contribution in [1.82, 2.24) is 0 Å². The molecule has 24 heavy (non-hydrogen) atoms. The van der Waals surface area contributed by atoms with Crippen LogP contribution in [0.1, 0.15) is 67.2 Å². The van der Waals surface area contributed by atoms with Crippen molar-refractivity contribution in [3.8, 4) is 0 Å². The van der Waals surface area contributed by atoms with Crippen molar-refractivity contribution < 1.29 is 28.5 Å². The zero-order valence-electron chi connectivity index (χ0n) is 16.4. The van der Waals surface area contributed by atoms with E-state index in [-0.39, 0.29) is 25.0 Å². The number of rotatable bonds is 11. The van der Waals surface area contributed by atoms with Crippen LogP contribution >= 0.6 is 0 Å². The van der Waals surface area contributed by atoms with E-state index in [1.807, 2.05) is 13.8 Å². The SMILES string of the molecule is CCC(C)OC(=O)C(CC)(OC)C(CC)(OC)C(=O)OC(C)CC. The van der Waals surface area contributed by atoms with Gasteiger partial charge in [0, 0.05) is 14.2 Å². The molecule has 0 fully saturated rings. The van der Waals surface area contributed by atoms with Crippen molar-refractivity contribution in [1.29, 1.82) is 0 Å². The van der Waals surface area contributed by atoms with Crippen LogP contribution in [0.2, 0.25) is 0 Å². The summed E-state index contributed by atoms with van der Waals surface area (Å²) in [5, 5.41) is 0. The lowest BCUT2D eigenvalue weighted by Crippen LogP contribution is -2.66. The summed E-state index contributed by atoms with van der Waals surface area (Å²) in [4.78, 5) is 25.8. The van der Waals surface area contributed by atoms with Gasteiger partial charge in [0.1, 0.15) is 0 Å². The Kier molecular flexibility index (Phi) is 9.51. The summed E-state index contributed by atoms with van der Waals surface area (Å²) in [7, 11) is 2.78. The third-order valence-corrected chi connectivity index (χ3v) is 4.77. The fraction of sp³-hybridized carbons (Fsp3) is 0.889. The highest BCUT2D eigenvalue weighted by atomic mass is 16.6. The molecule has 0 aliphatic rings. The van der Waals surface area contributed by atoms with Gasteiger partial charge in [0.15, 0.2) is 0 Å². The van der Waals surface area contributed by atoms with Gasteiger partial charge in [0.2, 0.25) is 11.2 Å². The van der Waals surface area contributed by atoms with Crippen LogP contribution in [0, 0.1) is 0 Å². The monoisotopic (exact) mass is 346 g/mol. The maximum atomic E-state index is 12.9. The van der Waals surface area contributed by atoms with E-state index in [1.165, 1.54) is 14.2 Å². The lowest BCUT2D eigenvalue weighted by atomic mass is 9.77. The van der Waals surface area contributed by atoms with E-state index >= 15 is 0 Å². The van der Waals surface area contributed by atoms with E-state index in [4.69, 9.17) is 18.9 Å². The molecule has 0 amide bonds. The van der Waals surface area contributed by atoms with E-state index in [0.29, 0.717) is 12.8 Å². The molecule has 0 N–H and O–H groups in total. The van der Waals surface area contributed by atoms with Crippen molar-refractivity contribution in [3.63, 3.8) is 0 Å². The largest absolute Gasteiger partial charge is 0.460 e. The van der Waals surface area contributed by atoms with Gasteiger partial charge in [-0.1, -0.05) is 27.7 Å². The molecule has 0 saturated heterocycles. The number of hydrogen-bond acceptors (Lipinski definition) is 6. The fourth-order valence-corrected chi connectivity index (χ4v) is 2.70. The number of ether oxygens (including phenoxy) is 4. The van der Waals surface area contributed by atoms with Crippen LogP contribution in [0.15, 0.2) is 0 Å². The van der Waals surface area contributed by atoms with Crippen LogP contribution in [0.3, 0.4) is 0 Å². The molecule has 6 nitrogen and oxygen atoms in total. The van der Waals surface area contributed by atoms with E-state index in [0.717, 1.165) is 0 Å². The standard InChI is InChI=1S/C18H34O6/c1-9-13(5)23-15(19)17(11-3,21-7)18(12-4,22-8)16(20)24-14(6)10-2/h13-14H,9-12H2,1-8H3. The average Bonchev–Trinajstić information content (AvgIpc) is 2.59. The van der Waals surface area contributed by atoms with Gasteiger partial charge in [-0.15, -0.1) is 0 Å². The van der Waals surface area contributed by atoms with Crippen LogP contribution < -0.4 is 0 Å². The first-order valence-electron chi connectivity index (χ1n) is 8.77. The summed E-state index contributed by atoms with van der Waals surface area (Å²) in [6, 6.07) is 0. The smallest absolute Gasteiger partial charge is 0.342 e. The summed E-state index contributed by atoms with van der Waals surface area (Å²) >= 11 is 0. The molecule has 0 heterocycles. The average molecular weight is 346 g/mol. The Morgan fingerprint density at radius 3 is 1.21 bits per heavy atom. The number of carbonyl (C=O) groups excluding carboxylic acids is 2. The molecule has 0 aromatic rings. The summed E-state index contributed by atoms with van der Waals surface area (Å²) in [5.41, 5.74) is -3.13. The summed E-state index contributed by atoms with van der Waals surface area (Å²) in [6.07, 6.45) is 1.20. The Balaban J connectivity index is 5.97.